The molecule has 1 saturated heterocycles. The number of nitrogens with zero attached hydrogens (tertiary/aromatic N) is 3. The second-order valence-electron chi connectivity index (χ2n) is 23.3. The average Bonchev–Trinajstić information content (AvgIpc) is 1.73. The Morgan fingerprint density at radius 1 is 0.598 bits per heavy atom. The normalized spacial score (nSPS) is 19.8. The first-order chi connectivity index (χ1) is 46.2. The van der Waals surface area contributed by atoms with Crippen LogP contribution in [0, 0.1) is 0 Å². The first-order valence-corrected chi connectivity index (χ1v) is 33.7. The summed E-state index contributed by atoms with van der Waals surface area (Å²) in [4.78, 5) is 168. The predicted octanol–water partition coefficient (Wildman–Crippen LogP) is -3.40. The highest BCUT2D eigenvalue weighted by molar-refractivity contribution is 8.76. The molecule has 97 heavy (non-hydrogen) atoms. The third-order valence-electron chi connectivity index (χ3n) is 15.4. The van der Waals surface area contributed by atoms with Gasteiger partial charge in [0.2, 0.25) is 47.3 Å². The third-order valence-corrected chi connectivity index (χ3v) is 17.8. The van der Waals surface area contributed by atoms with Gasteiger partial charge in [0, 0.05) is 74.2 Å². The van der Waals surface area contributed by atoms with Crippen molar-refractivity contribution in [3.8, 4) is 0 Å². The van der Waals surface area contributed by atoms with E-state index in [1.165, 1.54) is 23.6 Å². The second kappa shape index (κ2) is 40.7. The fraction of sp³-hybridized carbons (Fsp3) is 0.492. The summed E-state index contributed by atoms with van der Waals surface area (Å²) in [7, 11) is 1.92. The molecule has 530 valence electrons. The van der Waals surface area contributed by atoms with Gasteiger partial charge in [-0.05, 0) is 62.3 Å². The molecule has 32 nitrogen and oxygen atoms in total. The van der Waals surface area contributed by atoms with Crippen LogP contribution in [-0.2, 0) is 76.8 Å². The Bertz CT molecular complexity index is 3280. The van der Waals surface area contributed by atoms with Gasteiger partial charge in [-0.15, -0.1) is 0 Å². The molecular weight excluding hydrogens is 1310 g/mol. The van der Waals surface area contributed by atoms with Gasteiger partial charge >= 0.3 is 23.9 Å². The van der Waals surface area contributed by atoms with Gasteiger partial charge in [-0.25, -0.2) is 0 Å². The van der Waals surface area contributed by atoms with E-state index in [0.29, 0.717) is 22.0 Å². The minimum Gasteiger partial charge on any atom is -0.480 e. The monoisotopic (exact) mass is 1390 g/mol. The zero-order chi connectivity index (χ0) is 71.1. The smallest absolute Gasteiger partial charge is 0.317 e. The molecule has 0 saturated carbocycles. The number of hydrogen-bond donors (Lipinski definition) is 17. The molecule has 18 N–H and O–H groups in total. The van der Waals surface area contributed by atoms with Gasteiger partial charge in [0.25, 0.3) is 0 Å². The molecule has 0 bridgehead atoms. The van der Waals surface area contributed by atoms with E-state index in [-0.39, 0.29) is 82.8 Å². The number of fused-ring (bicyclic) bond motifs is 1. The van der Waals surface area contributed by atoms with E-state index >= 15 is 9.59 Å². The maximum Gasteiger partial charge on any atom is 0.317 e. The number of aliphatic carboxylic acids is 4. The van der Waals surface area contributed by atoms with E-state index in [0.717, 1.165) is 32.1 Å². The van der Waals surface area contributed by atoms with Crippen LogP contribution in [0.1, 0.15) is 49.8 Å². The first-order valence-electron chi connectivity index (χ1n) is 31.2. The quantitative estimate of drug-likeness (QED) is 0.0160. The summed E-state index contributed by atoms with van der Waals surface area (Å²) in [5.41, 5.74) is 8.91. The molecule has 10 atom stereocenters. The number of rotatable bonds is 34. The Labute approximate surface area is 566 Å². The number of para-hydroxylation sites is 1. The van der Waals surface area contributed by atoms with Crippen LogP contribution in [0.25, 0.3) is 10.9 Å². The Morgan fingerprint density at radius 3 is 1.70 bits per heavy atom. The minimum atomic E-state index is -1.84. The maximum absolute atomic E-state index is 15.1. The molecule has 8 amide bonds. The molecule has 1 aromatic heterocycles. The number of H-pyrrole nitrogens is 1. The largest absolute Gasteiger partial charge is 0.480 e. The van der Waals surface area contributed by atoms with Crippen molar-refractivity contribution in [2.24, 2.45) is 5.73 Å². The molecule has 0 aliphatic carbocycles. The van der Waals surface area contributed by atoms with Crippen LogP contribution in [-0.4, -0.2) is 271 Å². The van der Waals surface area contributed by atoms with Crippen molar-refractivity contribution in [1.82, 2.24) is 62.2 Å². The highest BCUT2D eigenvalue weighted by Crippen LogP contribution is 2.25. The zero-order valence-corrected chi connectivity index (χ0v) is 55.3. The number of hydrogen-bond acceptors (Lipinski definition) is 21. The summed E-state index contributed by atoms with van der Waals surface area (Å²) in [6.07, 6.45) is -1.76. The van der Waals surface area contributed by atoms with Crippen LogP contribution in [0.3, 0.4) is 0 Å². The van der Waals surface area contributed by atoms with Gasteiger partial charge in [0.1, 0.15) is 36.3 Å². The number of carbonyl (C=O) groups excluding carboxylic acids is 8. The number of aromatic nitrogens is 1. The molecule has 0 unspecified atom stereocenters. The van der Waals surface area contributed by atoms with Crippen molar-refractivity contribution in [3.05, 3.63) is 108 Å². The van der Waals surface area contributed by atoms with Crippen LogP contribution in [0.4, 0.5) is 0 Å². The van der Waals surface area contributed by atoms with E-state index in [9.17, 15) is 83.7 Å². The lowest BCUT2D eigenvalue weighted by molar-refractivity contribution is -0.143. The maximum atomic E-state index is 15.1. The topological polar surface area (TPSA) is 494 Å². The van der Waals surface area contributed by atoms with E-state index in [4.69, 9.17) is 5.73 Å². The number of benzene rings is 3. The Hall–Kier alpha value is -8.74. The van der Waals surface area contributed by atoms with Crippen molar-refractivity contribution < 1.29 is 93.3 Å². The highest BCUT2D eigenvalue weighted by atomic mass is 33.1. The average molecular weight is 1390 g/mol. The standard InChI is InChI=1S/C63H87N13O19S2/c1-37(78)48(34-77)70-62(94)50-36-97-96-35-49(71-57(89)43(64)25-39-13-5-3-6-14-39)61(93)68-46(26-40-15-7-4-8-16-40)59(91)69-47(27-41-28-66-44-18-10-9-17-42(41)44)60(92)67-45(58(90)73-56(38(2)79)63(95)72-50)19-11-12-20-65-51(80)29-75(31-53(83)84)23-21-74(30-52(81)82)22-24-76(32-54(85)86)33-55(87)88/h3-10,13-18,28,37-38,43,45-50,56,66,77-79H,11-12,19-27,29-36,64H2,1-2H3,(H,65,80)(H,67,92)(H,68,93)(H,69,91)(H,70,94)(H,71,89)(H,72,95)(H,73,90)(H,81,82)(H,83,84)(H,85,86)(H,87,88)/t37-,38-,43-,45+,46+,47-,48-,49+,50+,56+/m1/s1. The molecule has 1 aliphatic rings. The van der Waals surface area contributed by atoms with E-state index < -0.39 is 171 Å². The van der Waals surface area contributed by atoms with Crippen LogP contribution in [0.15, 0.2) is 91.1 Å². The first kappa shape index (κ1) is 79.0. The molecule has 4 aromatic rings. The van der Waals surface area contributed by atoms with E-state index in [1.54, 1.807) is 91.1 Å². The second-order valence-corrected chi connectivity index (χ2v) is 25.9. The fourth-order valence-electron chi connectivity index (χ4n) is 10.2. The molecular formula is C63H87N13O19S2. The molecule has 2 heterocycles. The number of carbonyl (C=O) groups is 12. The number of carboxylic acid groups (broad SMARTS) is 4. The van der Waals surface area contributed by atoms with Crippen LogP contribution in [0.2, 0.25) is 0 Å². The Balaban J connectivity index is 1.47. The van der Waals surface area contributed by atoms with Crippen molar-refractivity contribution in [3.63, 3.8) is 0 Å². The highest BCUT2D eigenvalue weighted by Gasteiger charge is 2.37. The number of aliphatic hydroxyl groups excluding tert-OH is 3. The van der Waals surface area contributed by atoms with E-state index in [2.05, 4.69) is 47.5 Å². The summed E-state index contributed by atoms with van der Waals surface area (Å²) in [6, 6.07) is 12.8. The van der Waals surface area contributed by atoms with Crippen LogP contribution in [0.5, 0.6) is 0 Å². The van der Waals surface area contributed by atoms with Crippen LogP contribution < -0.4 is 48.3 Å². The fourth-order valence-corrected chi connectivity index (χ4v) is 12.6. The number of amides is 8. The third kappa shape index (κ3) is 28.1. The number of nitrogens with one attached hydrogen (secondary N) is 9. The summed E-state index contributed by atoms with van der Waals surface area (Å²) in [6.45, 7) is -2.06. The molecule has 1 aliphatic heterocycles. The summed E-state index contributed by atoms with van der Waals surface area (Å²) in [5.74, 6) is -12.9. The lowest BCUT2D eigenvalue weighted by Crippen LogP contribution is -2.62. The van der Waals surface area contributed by atoms with Gasteiger partial charge in [-0.3, -0.25) is 72.2 Å². The number of unbranched alkanes of at least 4 members (excludes halogenated alkanes) is 1. The number of aromatic amines is 1. The lowest BCUT2D eigenvalue weighted by Gasteiger charge is -2.29. The van der Waals surface area contributed by atoms with Crippen molar-refractivity contribution in [2.75, 3.05) is 83.6 Å². The van der Waals surface area contributed by atoms with E-state index in [1.807, 2.05) is 0 Å². The zero-order valence-electron chi connectivity index (χ0n) is 53.6. The van der Waals surface area contributed by atoms with Gasteiger partial charge < -0.3 is 89.0 Å². The van der Waals surface area contributed by atoms with Gasteiger partial charge in [-0.2, -0.15) is 0 Å². The molecule has 5 rings (SSSR count). The van der Waals surface area contributed by atoms with Gasteiger partial charge in [0.05, 0.1) is 63.6 Å². The molecule has 0 radical (unpaired) electrons. The molecule has 0 spiro atoms. The number of carboxylic acids is 4. The van der Waals surface area contributed by atoms with Crippen molar-refractivity contribution in [2.45, 2.75) is 113 Å². The Morgan fingerprint density at radius 2 is 1.11 bits per heavy atom. The Kier molecular flexibility index (Phi) is 33.2. The van der Waals surface area contributed by atoms with Gasteiger partial charge in [0.15, 0.2) is 0 Å². The summed E-state index contributed by atoms with van der Waals surface area (Å²) >= 11 is 0. The summed E-state index contributed by atoms with van der Waals surface area (Å²) in [5, 5.41) is 91.1. The van der Waals surface area contributed by atoms with Crippen LogP contribution >= 0.6 is 21.6 Å². The summed E-state index contributed by atoms with van der Waals surface area (Å²) < 4.78 is 0. The molecule has 1 fully saturated rings. The molecule has 3 aromatic carbocycles. The number of aliphatic hydroxyl groups is 3. The minimum absolute atomic E-state index is 0.0277. The van der Waals surface area contributed by atoms with Crippen molar-refractivity contribution >= 4 is 104 Å². The van der Waals surface area contributed by atoms with Gasteiger partial charge in [-0.1, -0.05) is 100 Å². The lowest BCUT2D eigenvalue weighted by atomic mass is 10.0. The molecule has 34 heteroatoms. The predicted molar refractivity (Wildman–Crippen MR) is 356 cm³/mol. The van der Waals surface area contributed by atoms with Crippen molar-refractivity contribution in [1.29, 1.82) is 0 Å². The number of nitrogens with two attached hydrogens (primary N) is 1. The SMILES string of the molecule is C[C@@H](O)[C@@H]1NC(=O)[C@H](CCCCNC(=O)CN(CCN(CCN(CC(=O)O)CC(=O)O)CC(=O)O)CC(=O)O)NC(=O)[C@@H](Cc2c[nH]c3ccccc23)NC(=O)[C@H](Cc2ccccc2)NC(=O)[C@@H](NC(=O)[C@H](N)Cc2ccccc2)CSSC[C@@H](C(=O)N[C@H](CO)[C@@H](C)O)NC1=O.